The molecular formula is C20H22N2O5. The van der Waals surface area contributed by atoms with Crippen molar-refractivity contribution in [2.24, 2.45) is 0 Å². The zero-order valence-electron chi connectivity index (χ0n) is 15.6. The summed E-state index contributed by atoms with van der Waals surface area (Å²) >= 11 is 0. The van der Waals surface area contributed by atoms with E-state index in [1.165, 1.54) is 4.57 Å². The first-order chi connectivity index (χ1) is 12.9. The third-order valence-electron chi connectivity index (χ3n) is 4.86. The summed E-state index contributed by atoms with van der Waals surface area (Å²) in [6.45, 7) is 6.75. The van der Waals surface area contributed by atoms with Crippen molar-refractivity contribution in [3.05, 3.63) is 51.9 Å². The van der Waals surface area contributed by atoms with E-state index in [-0.39, 0.29) is 36.0 Å². The summed E-state index contributed by atoms with van der Waals surface area (Å²) in [6, 6.07) is 7.06. The summed E-state index contributed by atoms with van der Waals surface area (Å²) in [5.74, 6) is 0.977. The van der Waals surface area contributed by atoms with E-state index < -0.39 is 0 Å². The summed E-state index contributed by atoms with van der Waals surface area (Å²) in [4.78, 5) is 28.0. The lowest BCUT2D eigenvalue weighted by atomic mass is 10.1. The number of carbonyl (C=O) groups excluding carboxylic acids is 1. The van der Waals surface area contributed by atoms with Crippen LogP contribution >= 0.6 is 0 Å². The molecule has 0 spiro atoms. The van der Waals surface area contributed by atoms with Crippen LogP contribution in [-0.2, 0) is 4.74 Å². The maximum atomic E-state index is 13.1. The summed E-state index contributed by atoms with van der Waals surface area (Å²) < 4.78 is 17.9. The van der Waals surface area contributed by atoms with Crippen LogP contribution in [0.2, 0.25) is 0 Å². The Bertz CT molecular complexity index is 942. The van der Waals surface area contributed by atoms with Crippen molar-refractivity contribution in [3.8, 4) is 17.2 Å². The molecule has 27 heavy (non-hydrogen) atoms. The fourth-order valence-electron chi connectivity index (χ4n) is 3.63. The number of morpholine rings is 1. The van der Waals surface area contributed by atoms with Crippen LogP contribution in [-0.4, -0.2) is 47.5 Å². The first kappa shape index (κ1) is 17.6. The zero-order chi connectivity index (χ0) is 19.1. The van der Waals surface area contributed by atoms with Gasteiger partial charge in [0.2, 0.25) is 6.79 Å². The van der Waals surface area contributed by atoms with E-state index in [2.05, 4.69) is 0 Å². The van der Waals surface area contributed by atoms with Crippen molar-refractivity contribution in [2.45, 2.75) is 33.0 Å². The van der Waals surface area contributed by atoms with Crippen molar-refractivity contribution in [1.29, 1.82) is 0 Å². The van der Waals surface area contributed by atoms with Gasteiger partial charge in [-0.2, -0.15) is 0 Å². The van der Waals surface area contributed by atoms with E-state index in [9.17, 15) is 9.59 Å². The van der Waals surface area contributed by atoms with Gasteiger partial charge in [0.15, 0.2) is 11.5 Å². The number of benzene rings is 1. The Morgan fingerprint density at radius 2 is 1.78 bits per heavy atom. The van der Waals surface area contributed by atoms with Gasteiger partial charge in [0, 0.05) is 25.4 Å². The molecule has 2 aliphatic rings. The van der Waals surface area contributed by atoms with E-state index in [4.69, 9.17) is 14.2 Å². The Balaban J connectivity index is 1.73. The minimum atomic E-state index is -0.342. The molecule has 7 heteroatoms. The fourth-order valence-corrected chi connectivity index (χ4v) is 3.63. The highest BCUT2D eigenvalue weighted by atomic mass is 16.7. The van der Waals surface area contributed by atoms with Crippen LogP contribution in [0.5, 0.6) is 11.5 Å². The predicted octanol–water partition coefficient (Wildman–Crippen LogP) is 2.12. The first-order valence-corrected chi connectivity index (χ1v) is 9.01. The van der Waals surface area contributed by atoms with E-state index >= 15 is 0 Å². The number of ether oxygens (including phenoxy) is 3. The molecule has 0 radical (unpaired) electrons. The molecule has 3 heterocycles. The molecule has 142 valence electrons. The molecule has 7 nitrogen and oxygen atoms in total. The monoisotopic (exact) mass is 370 g/mol. The van der Waals surface area contributed by atoms with Gasteiger partial charge in [-0.3, -0.25) is 14.2 Å². The maximum absolute atomic E-state index is 13.1. The molecular weight excluding hydrogens is 348 g/mol. The van der Waals surface area contributed by atoms with Crippen LogP contribution in [0.15, 0.2) is 35.3 Å². The van der Waals surface area contributed by atoms with Gasteiger partial charge in [0.25, 0.3) is 11.5 Å². The standard InChI is InChI=1S/C20H22N2O5/c1-12-6-7-22(15-4-5-16-17(8-15)26-11-25-16)20(24)18(12)19(23)21-9-13(2)27-14(3)10-21/h4-8,13-14H,9-11H2,1-3H3/t13-,14+. The van der Waals surface area contributed by atoms with Crippen molar-refractivity contribution in [2.75, 3.05) is 19.9 Å². The molecule has 1 saturated heterocycles. The minimum absolute atomic E-state index is 0.0576. The summed E-state index contributed by atoms with van der Waals surface area (Å²) in [5, 5.41) is 0. The molecule has 0 saturated carbocycles. The van der Waals surface area contributed by atoms with E-state index in [1.54, 1.807) is 42.3 Å². The number of fused-ring (bicyclic) bond motifs is 1. The lowest BCUT2D eigenvalue weighted by Crippen LogP contribution is -2.49. The van der Waals surface area contributed by atoms with Crippen LogP contribution in [0.3, 0.4) is 0 Å². The van der Waals surface area contributed by atoms with E-state index in [1.807, 2.05) is 13.8 Å². The molecule has 4 rings (SSSR count). The Hall–Kier alpha value is -2.80. The Morgan fingerprint density at radius 1 is 1.07 bits per heavy atom. The first-order valence-electron chi connectivity index (χ1n) is 9.01. The number of amides is 1. The molecule has 2 aromatic rings. The molecule has 0 bridgehead atoms. The third-order valence-corrected chi connectivity index (χ3v) is 4.86. The Labute approximate surface area is 157 Å². The number of hydrogen-bond acceptors (Lipinski definition) is 5. The lowest BCUT2D eigenvalue weighted by Gasteiger charge is -2.35. The molecule has 0 N–H and O–H groups in total. The highest BCUT2D eigenvalue weighted by molar-refractivity contribution is 5.95. The molecule has 1 amide bonds. The SMILES string of the molecule is Cc1ccn(-c2ccc3c(c2)OCO3)c(=O)c1C(=O)N1C[C@@H](C)O[C@@H](C)C1. The molecule has 1 fully saturated rings. The number of aromatic nitrogens is 1. The van der Waals surface area contributed by atoms with Crippen LogP contribution in [0.25, 0.3) is 5.69 Å². The summed E-state index contributed by atoms with van der Waals surface area (Å²) in [7, 11) is 0. The second kappa shape index (κ2) is 6.74. The van der Waals surface area contributed by atoms with Crippen molar-refractivity contribution < 1.29 is 19.0 Å². The number of hydrogen-bond donors (Lipinski definition) is 0. The molecule has 2 aliphatic heterocycles. The Morgan fingerprint density at radius 3 is 2.52 bits per heavy atom. The lowest BCUT2D eigenvalue weighted by molar-refractivity contribution is -0.0586. The van der Waals surface area contributed by atoms with Gasteiger partial charge in [0.1, 0.15) is 5.56 Å². The summed E-state index contributed by atoms with van der Waals surface area (Å²) in [5.41, 5.74) is 1.14. The van der Waals surface area contributed by atoms with Crippen molar-refractivity contribution in [3.63, 3.8) is 0 Å². The highest BCUT2D eigenvalue weighted by Gasteiger charge is 2.29. The van der Waals surface area contributed by atoms with Gasteiger partial charge < -0.3 is 19.1 Å². The highest BCUT2D eigenvalue weighted by Crippen LogP contribution is 2.33. The van der Waals surface area contributed by atoms with Crippen LogP contribution in [0, 0.1) is 6.92 Å². The topological polar surface area (TPSA) is 70.0 Å². The predicted molar refractivity (Wildman–Crippen MR) is 98.8 cm³/mol. The van der Waals surface area contributed by atoms with Crippen LogP contribution in [0.1, 0.15) is 29.8 Å². The molecule has 1 aromatic carbocycles. The molecule has 1 aromatic heterocycles. The molecule has 2 atom stereocenters. The average Bonchev–Trinajstić information content (AvgIpc) is 3.08. The maximum Gasteiger partial charge on any atom is 0.268 e. The third kappa shape index (κ3) is 3.19. The summed E-state index contributed by atoms with van der Waals surface area (Å²) in [6.07, 6.45) is 1.56. The normalized spacial score (nSPS) is 21.4. The smallest absolute Gasteiger partial charge is 0.268 e. The molecule has 0 unspecified atom stereocenters. The number of rotatable bonds is 2. The van der Waals surface area contributed by atoms with Crippen molar-refractivity contribution in [1.82, 2.24) is 9.47 Å². The van der Waals surface area contributed by atoms with E-state index in [0.717, 1.165) is 0 Å². The second-order valence-corrected chi connectivity index (χ2v) is 7.05. The number of carbonyl (C=O) groups is 1. The van der Waals surface area contributed by atoms with Gasteiger partial charge in [-0.05, 0) is 44.5 Å². The van der Waals surface area contributed by atoms with E-state index in [0.29, 0.717) is 35.8 Å². The second-order valence-electron chi connectivity index (χ2n) is 7.05. The van der Waals surface area contributed by atoms with Crippen molar-refractivity contribution >= 4 is 5.91 Å². The largest absolute Gasteiger partial charge is 0.454 e. The number of nitrogens with zero attached hydrogens (tertiary/aromatic N) is 2. The van der Waals surface area contributed by atoms with Gasteiger partial charge in [-0.15, -0.1) is 0 Å². The van der Waals surface area contributed by atoms with Crippen LogP contribution < -0.4 is 15.0 Å². The van der Waals surface area contributed by atoms with Gasteiger partial charge >= 0.3 is 0 Å². The quantitative estimate of drug-likeness (QED) is 0.810. The van der Waals surface area contributed by atoms with Gasteiger partial charge in [-0.25, -0.2) is 0 Å². The average molecular weight is 370 g/mol. The fraction of sp³-hybridized carbons (Fsp3) is 0.400. The Kier molecular flexibility index (Phi) is 4.39. The molecule has 0 aliphatic carbocycles. The number of aryl methyl sites for hydroxylation is 1. The zero-order valence-corrected chi connectivity index (χ0v) is 15.6. The van der Waals surface area contributed by atoms with Crippen LogP contribution in [0.4, 0.5) is 0 Å². The number of pyridine rings is 1. The minimum Gasteiger partial charge on any atom is -0.454 e. The van der Waals surface area contributed by atoms with Gasteiger partial charge in [0.05, 0.1) is 17.9 Å². The van der Waals surface area contributed by atoms with Gasteiger partial charge in [-0.1, -0.05) is 0 Å².